The molecule has 1 fully saturated rings. The summed E-state index contributed by atoms with van der Waals surface area (Å²) in [6.07, 6.45) is 3.49. The molecule has 0 N–H and O–H groups in total. The molecule has 3 rings (SSSR count). The number of nitrogens with zero attached hydrogens (tertiary/aromatic N) is 1. The second-order valence-electron chi connectivity index (χ2n) is 7.25. The van der Waals surface area contributed by atoms with Crippen LogP contribution in [0.2, 0.25) is 0 Å². The maximum Gasteiger partial charge on any atom is 0.313 e. The molecule has 0 amide bonds. The monoisotopic (exact) mass is 287 g/mol. The number of fused-ring (bicyclic) bond motifs is 4. The number of hydrogen-bond acceptors (Lipinski definition) is 3. The van der Waals surface area contributed by atoms with Gasteiger partial charge < -0.3 is 9.64 Å². The van der Waals surface area contributed by atoms with Crippen LogP contribution < -0.4 is 4.74 Å². The fraction of sp³-hybridized carbons (Fsp3) is 0.611. The minimum Gasteiger partial charge on any atom is -0.426 e. The Kier molecular flexibility index (Phi) is 3.56. The quantitative estimate of drug-likeness (QED) is 0.618. The lowest BCUT2D eigenvalue weighted by atomic mass is 9.65. The number of benzene rings is 1. The molecule has 1 heterocycles. The first kappa shape index (κ1) is 14.6. The normalized spacial score (nSPS) is 28.3. The summed E-state index contributed by atoms with van der Waals surface area (Å²) in [6.45, 7) is 7.24. The molecule has 2 aliphatic rings. The van der Waals surface area contributed by atoms with E-state index in [9.17, 15) is 4.79 Å². The number of likely N-dealkylation sites (N-methyl/N-ethyl adjacent to an activating group) is 1. The minimum absolute atomic E-state index is 0.0932. The first-order valence-corrected chi connectivity index (χ1v) is 7.94. The zero-order valence-corrected chi connectivity index (χ0v) is 13.5. The highest BCUT2D eigenvalue weighted by atomic mass is 16.5. The van der Waals surface area contributed by atoms with Gasteiger partial charge in [0.05, 0.1) is 5.92 Å². The molecule has 114 valence electrons. The predicted octanol–water partition coefficient (Wildman–Crippen LogP) is 3.16. The van der Waals surface area contributed by atoms with E-state index in [-0.39, 0.29) is 17.3 Å². The molecule has 1 aliphatic carbocycles. The molecule has 1 aromatic carbocycles. The van der Waals surface area contributed by atoms with Crippen LogP contribution in [-0.2, 0) is 16.6 Å². The van der Waals surface area contributed by atoms with Gasteiger partial charge in [0.1, 0.15) is 5.75 Å². The molecule has 0 spiro atoms. The Morgan fingerprint density at radius 1 is 1.43 bits per heavy atom. The number of esters is 1. The number of hydrogen-bond donors (Lipinski definition) is 0. The molecule has 1 aliphatic heterocycles. The molecule has 2 bridgehead atoms. The first-order valence-electron chi connectivity index (χ1n) is 7.94. The first-order chi connectivity index (χ1) is 9.89. The van der Waals surface area contributed by atoms with Crippen LogP contribution in [0.4, 0.5) is 0 Å². The summed E-state index contributed by atoms with van der Waals surface area (Å²) in [6, 6.07) is 6.86. The number of rotatable bonds is 2. The molecule has 0 saturated carbocycles. The van der Waals surface area contributed by atoms with Gasteiger partial charge in [0, 0.05) is 6.04 Å². The van der Waals surface area contributed by atoms with Gasteiger partial charge in [-0.3, -0.25) is 4.79 Å². The van der Waals surface area contributed by atoms with Gasteiger partial charge in [-0.25, -0.2) is 0 Å². The van der Waals surface area contributed by atoms with E-state index in [1.807, 2.05) is 19.9 Å². The van der Waals surface area contributed by atoms with Crippen LogP contribution in [0.5, 0.6) is 5.75 Å². The maximum atomic E-state index is 11.8. The number of carbonyl (C=O) groups is 1. The van der Waals surface area contributed by atoms with Crippen molar-refractivity contribution in [3.05, 3.63) is 29.3 Å². The van der Waals surface area contributed by atoms with Gasteiger partial charge in [0.2, 0.25) is 0 Å². The number of ether oxygens (including phenoxy) is 1. The van der Waals surface area contributed by atoms with E-state index >= 15 is 0 Å². The number of piperidine rings is 1. The lowest BCUT2D eigenvalue weighted by Crippen LogP contribution is -2.50. The molecule has 1 saturated heterocycles. The van der Waals surface area contributed by atoms with Gasteiger partial charge in [0.25, 0.3) is 0 Å². The third-order valence-corrected chi connectivity index (χ3v) is 5.20. The summed E-state index contributed by atoms with van der Waals surface area (Å²) in [5, 5.41) is 0. The summed E-state index contributed by atoms with van der Waals surface area (Å²) in [7, 11) is 2.23. The Hall–Kier alpha value is -1.35. The maximum absolute atomic E-state index is 11.8. The van der Waals surface area contributed by atoms with Crippen LogP contribution in [0.1, 0.15) is 44.7 Å². The van der Waals surface area contributed by atoms with Gasteiger partial charge in [-0.2, -0.15) is 0 Å². The topological polar surface area (TPSA) is 29.5 Å². The summed E-state index contributed by atoms with van der Waals surface area (Å²) >= 11 is 0. The van der Waals surface area contributed by atoms with Gasteiger partial charge in [0.15, 0.2) is 0 Å². The summed E-state index contributed by atoms with van der Waals surface area (Å²) < 4.78 is 5.50. The molecule has 0 aromatic heterocycles. The molecule has 1 aromatic rings. The lowest BCUT2D eigenvalue weighted by Gasteiger charge is -2.48. The molecular weight excluding hydrogens is 262 g/mol. The van der Waals surface area contributed by atoms with Crippen molar-refractivity contribution in [1.82, 2.24) is 4.90 Å². The highest BCUT2D eigenvalue weighted by molar-refractivity contribution is 5.74. The van der Waals surface area contributed by atoms with E-state index in [1.54, 1.807) is 0 Å². The molecule has 3 nitrogen and oxygen atoms in total. The fourth-order valence-electron chi connectivity index (χ4n) is 3.70. The van der Waals surface area contributed by atoms with Crippen molar-refractivity contribution >= 4 is 5.97 Å². The van der Waals surface area contributed by atoms with E-state index in [0.717, 1.165) is 13.0 Å². The highest BCUT2D eigenvalue weighted by Crippen LogP contribution is 2.45. The Labute approximate surface area is 127 Å². The predicted molar refractivity (Wildman–Crippen MR) is 83.6 cm³/mol. The highest BCUT2D eigenvalue weighted by Gasteiger charge is 2.41. The van der Waals surface area contributed by atoms with Crippen LogP contribution in [0.3, 0.4) is 0 Å². The summed E-state index contributed by atoms with van der Waals surface area (Å²) in [5.74, 6) is 0.451. The average molecular weight is 287 g/mol. The molecular formula is C18H25NO2. The van der Waals surface area contributed by atoms with Crippen LogP contribution >= 0.6 is 0 Å². The zero-order chi connectivity index (χ0) is 15.2. The summed E-state index contributed by atoms with van der Waals surface area (Å²) in [4.78, 5) is 14.3. The van der Waals surface area contributed by atoms with Crippen LogP contribution in [-0.4, -0.2) is 30.5 Å². The van der Waals surface area contributed by atoms with Crippen LogP contribution in [0, 0.1) is 5.92 Å². The van der Waals surface area contributed by atoms with Gasteiger partial charge >= 0.3 is 5.97 Å². The van der Waals surface area contributed by atoms with Gasteiger partial charge in [-0.1, -0.05) is 26.8 Å². The Bertz CT molecular complexity index is 566. The summed E-state index contributed by atoms with van der Waals surface area (Å²) in [5.41, 5.74) is 3.04. The lowest BCUT2D eigenvalue weighted by molar-refractivity contribution is -0.137. The molecule has 0 radical (unpaired) electrons. The number of carbonyl (C=O) groups excluding carboxylic acids is 1. The van der Waals surface area contributed by atoms with Crippen molar-refractivity contribution in [2.75, 3.05) is 13.6 Å². The Morgan fingerprint density at radius 2 is 2.19 bits per heavy atom. The fourth-order valence-corrected chi connectivity index (χ4v) is 3.70. The number of likely N-dealkylation sites (tertiary alicyclic amines) is 1. The third kappa shape index (κ3) is 2.59. The SMILES string of the molecule is CC(C)C(=O)Oc1ccc2c(c1)[C@@]1(C)CCN(C)C(C2)C1. The standard InChI is InChI=1S/C18H25NO2/c1-12(2)17(20)21-15-6-5-13-9-14-11-18(3,16(13)10-15)7-8-19(14)4/h5-6,10,12,14H,7-9,11H2,1-4H3/t14?,18-/m0/s1. The van der Waals surface area contributed by atoms with E-state index in [4.69, 9.17) is 4.74 Å². The molecule has 21 heavy (non-hydrogen) atoms. The van der Waals surface area contributed by atoms with Crippen LogP contribution in [0.15, 0.2) is 18.2 Å². The largest absolute Gasteiger partial charge is 0.426 e. The van der Waals surface area contributed by atoms with Crippen molar-refractivity contribution in [1.29, 1.82) is 0 Å². The zero-order valence-electron chi connectivity index (χ0n) is 13.5. The van der Waals surface area contributed by atoms with E-state index in [2.05, 4.69) is 31.0 Å². The van der Waals surface area contributed by atoms with Crippen molar-refractivity contribution in [2.45, 2.75) is 51.5 Å². The smallest absolute Gasteiger partial charge is 0.313 e. The van der Waals surface area contributed by atoms with Crippen molar-refractivity contribution in [2.24, 2.45) is 5.92 Å². The van der Waals surface area contributed by atoms with Crippen molar-refractivity contribution in [3.63, 3.8) is 0 Å². The Morgan fingerprint density at radius 3 is 2.90 bits per heavy atom. The van der Waals surface area contributed by atoms with Crippen molar-refractivity contribution < 1.29 is 9.53 Å². The van der Waals surface area contributed by atoms with E-state index < -0.39 is 0 Å². The van der Waals surface area contributed by atoms with Gasteiger partial charge in [-0.15, -0.1) is 0 Å². The second kappa shape index (κ2) is 5.13. The average Bonchev–Trinajstić information content (AvgIpc) is 2.44. The second-order valence-corrected chi connectivity index (χ2v) is 7.25. The van der Waals surface area contributed by atoms with Gasteiger partial charge in [-0.05, 0) is 61.5 Å². The van der Waals surface area contributed by atoms with Crippen molar-refractivity contribution in [3.8, 4) is 5.75 Å². The minimum atomic E-state index is -0.155. The van der Waals surface area contributed by atoms with E-state index in [1.165, 1.54) is 24.0 Å². The molecule has 2 atom stereocenters. The third-order valence-electron chi connectivity index (χ3n) is 5.20. The van der Waals surface area contributed by atoms with Crippen LogP contribution in [0.25, 0.3) is 0 Å². The van der Waals surface area contributed by atoms with E-state index in [0.29, 0.717) is 11.8 Å². The molecule has 1 unspecified atom stereocenters. The Balaban J connectivity index is 1.92. The molecule has 3 heteroatoms.